The molecule has 1 aliphatic heterocycles. The third-order valence-electron chi connectivity index (χ3n) is 2.32. The number of allylic oxidation sites excluding steroid dienone is 4. The van der Waals surface area contributed by atoms with Gasteiger partial charge >= 0.3 is 0 Å². The molecule has 12 heavy (non-hydrogen) atoms. The first-order valence-electron chi connectivity index (χ1n) is 4.40. The molecule has 2 N–H and O–H groups in total. The highest BCUT2D eigenvalue weighted by atomic mass is 16.3. The molecule has 2 heteroatoms. The average Bonchev–Trinajstić information content (AvgIpc) is 2.29. The summed E-state index contributed by atoms with van der Waals surface area (Å²) in [5, 5.41) is 12.8. The predicted octanol–water partition coefficient (Wildman–Crippen LogP) is 2.03. The first-order chi connectivity index (χ1) is 5.88. The van der Waals surface area contributed by atoms with E-state index in [4.69, 9.17) is 0 Å². The second kappa shape index (κ2) is 3.05. The van der Waals surface area contributed by atoms with Gasteiger partial charge in [-0.05, 0) is 30.9 Å². The van der Waals surface area contributed by atoms with Crippen molar-refractivity contribution in [2.75, 3.05) is 6.54 Å². The molecule has 0 unspecified atom stereocenters. The molecule has 1 heterocycles. The lowest BCUT2D eigenvalue weighted by Gasteiger charge is -2.20. The molecule has 0 saturated heterocycles. The molecule has 0 spiro atoms. The summed E-state index contributed by atoms with van der Waals surface area (Å²) in [5.74, 6) is 0.387. The summed E-state index contributed by atoms with van der Waals surface area (Å²) in [7, 11) is 0. The molecule has 2 rings (SSSR count). The Balaban J connectivity index is 2.35. The van der Waals surface area contributed by atoms with Gasteiger partial charge in [0, 0.05) is 6.54 Å². The lowest BCUT2D eigenvalue weighted by Crippen LogP contribution is -2.22. The van der Waals surface area contributed by atoms with Gasteiger partial charge in [-0.1, -0.05) is 12.2 Å². The third kappa shape index (κ3) is 1.24. The maximum absolute atomic E-state index is 9.57. The predicted molar refractivity (Wildman–Crippen MR) is 48.7 cm³/mol. The molecule has 64 valence electrons. The summed E-state index contributed by atoms with van der Waals surface area (Å²) in [6.45, 7) is 0.983. The van der Waals surface area contributed by atoms with Gasteiger partial charge in [0.25, 0.3) is 0 Å². The second-order valence-corrected chi connectivity index (χ2v) is 3.19. The molecular formula is C10H13NO. The zero-order chi connectivity index (χ0) is 8.39. The van der Waals surface area contributed by atoms with Crippen LogP contribution in [-0.4, -0.2) is 11.7 Å². The minimum Gasteiger partial charge on any atom is -0.506 e. The fourth-order valence-electron chi connectivity index (χ4n) is 1.69. The van der Waals surface area contributed by atoms with Gasteiger partial charge in [0.1, 0.15) is 5.76 Å². The molecule has 0 atom stereocenters. The van der Waals surface area contributed by atoms with Gasteiger partial charge in [0.15, 0.2) is 0 Å². The monoisotopic (exact) mass is 163 g/mol. The molecule has 0 saturated carbocycles. The Kier molecular flexibility index (Phi) is 1.90. The van der Waals surface area contributed by atoms with E-state index >= 15 is 0 Å². The normalized spacial score (nSPS) is 22.5. The van der Waals surface area contributed by atoms with Gasteiger partial charge in [-0.25, -0.2) is 0 Å². The highest BCUT2D eigenvalue weighted by Gasteiger charge is 2.14. The fourth-order valence-corrected chi connectivity index (χ4v) is 1.69. The molecule has 0 bridgehead atoms. The van der Waals surface area contributed by atoms with E-state index in [0.717, 1.165) is 25.1 Å². The van der Waals surface area contributed by atoms with E-state index < -0.39 is 0 Å². The van der Waals surface area contributed by atoms with Crippen molar-refractivity contribution in [1.29, 1.82) is 0 Å². The summed E-state index contributed by atoms with van der Waals surface area (Å²) in [6.07, 6.45) is 9.02. The van der Waals surface area contributed by atoms with Crippen molar-refractivity contribution in [3.05, 3.63) is 35.3 Å². The summed E-state index contributed by atoms with van der Waals surface area (Å²) < 4.78 is 0. The largest absolute Gasteiger partial charge is 0.506 e. The highest BCUT2D eigenvalue weighted by molar-refractivity contribution is 5.36. The van der Waals surface area contributed by atoms with Crippen LogP contribution in [0.1, 0.15) is 19.3 Å². The van der Waals surface area contributed by atoms with Crippen LogP contribution in [-0.2, 0) is 0 Å². The zero-order valence-electron chi connectivity index (χ0n) is 7.01. The number of nitrogens with one attached hydrogen (secondary N) is 1. The Hall–Kier alpha value is -1.18. The number of aliphatic hydroxyl groups is 1. The van der Waals surface area contributed by atoms with Gasteiger partial charge in [0.05, 0.1) is 5.70 Å². The van der Waals surface area contributed by atoms with Crippen LogP contribution in [0.5, 0.6) is 0 Å². The van der Waals surface area contributed by atoms with E-state index in [1.165, 1.54) is 12.0 Å². The van der Waals surface area contributed by atoms with Crippen molar-refractivity contribution < 1.29 is 5.11 Å². The molecule has 1 aliphatic carbocycles. The molecule has 0 aromatic rings. The molecule has 0 radical (unpaired) electrons. The summed E-state index contributed by atoms with van der Waals surface area (Å²) >= 11 is 0. The van der Waals surface area contributed by atoms with Gasteiger partial charge < -0.3 is 10.4 Å². The van der Waals surface area contributed by atoms with Crippen LogP contribution >= 0.6 is 0 Å². The minimum atomic E-state index is 0.387. The molecule has 0 fully saturated rings. The molecule has 0 aromatic carbocycles. The average molecular weight is 163 g/mol. The maximum Gasteiger partial charge on any atom is 0.138 e. The van der Waals surface area contributed by atoms with Gasteiger partial charge in [-0.2, -0.15) is 0 Å². The fraction of sp³-hybridized carbons (Fsp3) is 0.400. The van der Waals surface area contributed by atoms with E-state index in [-0.39, 0.29) is 0 Å². The highest BCUT2D eigenvalue weighted by Crippen LogP contribution is 2.24. The van der Waals surface area contributed by atoms with E-state index in [9.17, 15) is 5.11 Å². The first-order valence-corrected chi connectivity index (χ1v) is 4.40. The first kappa shape index (κ1) is 7.47. The topological polar surface area (TPSA) is 32.3 Å². The standard InChI is InChI=1S/C10H13NO/c12-9-6-2-1-4-8-5-3-7-11-10(8)9/h1-2,6,11-12H,3-5,7H2. The number of hydrogen-bond acceptors (Lipinski definition) is 2. The minimum absolute atomic E-state index is 0.387. The van der Waals surface area contributed by atoms with Crippen molar-refractivity contribution in [2.45, 2.75) is 19.3 Å². The van der Waals surface area contributed by atoms with E-state index in [2.05, 4.69) is 11.4 Å². The van der Waals surface area contributed by atoms with E-state index in [0.29, 0.717) is 5.76 Å². The Labute approximate surface area is 72.3 Å². The Morgan fingerprint density at radius 1 is 1.42 bits per heavy atom. The van der Waals surface area contributed by atoms with Crippen molar-refractivity contribution in [3.63, 3.8) is 0 Å². The van der Waals surface area contributed by atoms with Crippen LogP contribution in [0.4, 0.5) is 0 Å². The summed E-state index contributed by atoms with van der Waals surface area (Å²) in [5.41, 5.74) is 2.30. The van der Waals surface area contributed by atoms with Crippen molar-refractivity contribution in [2.24, 2.45) is 0 Å². The van der Waals surface area contributed by atoms with E-state index in [1.54, 1.807) is 6.08 Å². The quantitative estimate of drug-likeness (QED) is 0.572. The van der Waals surface area contributed by atoms with Crippen LogP contribution in [0.25, 0.3) is 0 Å². The van der Waals surface area contributed by atoms with Crippen LogP contribution in [0.3, 0.4) is 0 Å². The summed E-state index contributed by atoms with van der Waals surface area (Å²) in [4.78, 5) is 0. The molecule has 2 aliphatic rings. The van der Waals surface area contributed by atoms with Gasteiger partial charge in [0.2, 0.25) is 0 Å². The van der Waals surface area contributed by atoms with Gasteiger partial charge in [-0.3, -0.25) is 0 Å². The van der Waals surface area contributed by atoms with E-state index in [1.807, 2.05) is 6.08 Å². The van der Waals surface area contributed by atoms with Crippen molar-refractivity contribution >= 4 is 0 Å². The molecule has 2 nitrogen and oxygen atoms in total. The Morgan fingerprint density at radius 2 is 2.33 bits per heavy atom. The lowest BCUT2D eigenvalue weighted by molar-refractivity contribution is 0.407. The number of aliphatic hydroxyl groups excluding tert-OH is 1. The van der Waals surface area contributed by atoms with Crippen molar-refractivity contribution in [1.82, 2.24) is 5.32 Å². The number of rotatable bonds is 0. The van der Waals surface area contributed by atoms with Crippen LogP contribution in [0.15, 0.2) is 35.3 Å². The van der Waals surface area contributed by atoms with Crippen molar-refractivity contribution in [3.8, 4) is 0 Å². The maximum atomic E-state index is 9.57. The third-order valence-corrected chi connectivity index (χ3v) is 2.32. The lowest BCUT2D eigenvalue weighted by atomic mass is 10.0. The molecular weight excluding hydrogens is 150 g/mol. The van der Waals surface area contributed by atoms with Crippen LogP contribution in [0.2, 0.25) is 0 Å². The summed E-state index contributed by atoms with van der Waals surface area (Å²) in [6, 6.07) is 0. The molecule has 0 aromatic heterocycles. The second-order valence-electron chi connectivity index (χ2n) is 3.19. The zero-order valence-corrected chi connectivity index (χ0v) is 7.01. The molecule has 0 amide bonds. The smallest absolute Gasteiger partial charge is 0.138 e. The SMILES string of the molecule is OC1=CC=CCC2=C1NCCC2. The Morgan fingerprint density at radius 3 is 3.25 bits per heavy atom. The van der Waals surface area contributed by atoms with Crippen LogP contribution in [0, 0.1) is 0 Å². The van der Waals surface area contributed by atoms with Gasteiger partial charge in [-0.15, -0.1) is 0 Å². The van der Waals surface area contributed by atoms with Crippen LogP contribution < -0.4 is 5.32 Å². The Bertz CT molecular complexity index is 274. The number of hydrogen-bond donors (Lipinski definition) is 2.